The van der Waals surface area contributed by atoms with Gasteiger partial charge in [0.1, 0.15) is 0 Å². The molecule has 15 aromatic heterocycles. The standard InChI is InChI=1S/C42H4O15S10/c43-33-5-1-3-58-15(5)17-7(35(45)53-33)19-21(60-17)9-23(62-19)25-11(39(49)55-37(9)47)27-29(64-25)13-31(66-27)32-14(42(52)57-41(13)51)30-28(67-32)12-26(65-30)24-10(38(48)56-40(12)50)22-20(63-24)8-18(61-22)16-6(2-4-59-16)34(44)54-36(8)46/h1-4H. The van der Waals surface area contributed by atoms with Crippen LogP contribution in [0.3, 0.4) is 0 Å². The number of fused-ring (bicyclic) bond motifs is 27. The van der Waals surface area contributed by atoms with Gasteiger partial charge in [0.2, 0.25) is 0 Å². The van der Waals surface area contributed by atoms with E-state index >= 15 is 0 Å². The fourth-order valence-corrected chi connectivity index (χ4v) is 22.6. The average molecular weight is 1070 g/mol. The summed E-state index contributed by atoms with van der Waals surface area (Å²) in [5.74, 6) is 0. The monoisotopic (exact) mass is 1070 g/mol. The molecule has 0 aliphatic heterocycles. The van der Waals surface area contributed by atoms with Crippen molar-refractivity contribution in [1.82, 2.24) is 0 Å². The summed E-state index contributed by atoms with van der Waals surface area (Å²) in [6.45, 7) is 0. The summed E-state index contributed by atoms with van der Waals surface area (Å²) in [4.78, 5) is 136. The minimum Gasteiger partial charge on any atom is -0.386 e. The normalized spacial score (nSPS) is 12.8. The molecule has 0 aliphatic carbocycles. The molecule has 0 saturated carbocycles. The van der Waals surface area contributed by atoms with E-state index in [1.807, 2.05) is 0 Å². The molecule has 0 aromatic carbocycles. The van der Waals surface area contributed by atoms with Crippen LogP contribution in [-0.2, 0) is 0 Å². The summed E-state index contributed by atoms with van der Waals surface area (Å²) in [6.07, 6.45) is 0. The van der Waals surface area contributed by atoms with E-state index in [0.29, 0.717) is 47.0 Å². The molecule has 0 amide bonds. The molecule has 15 aromatic rings. The Bertz CT molecular complexity index is 5320. The van der Waals surface area contributed by atoms with Crippen molar-refractivity contribution in [3.63, 3.8) is 0 Å². The van der Waals surface area contributed by atoms with Gasteiger partial charge in [-0.2, -0.15) is 0 Å². The molecule has 0 saturated heterocycles. The maximum atomic E-state index is 14.1. The smallest absolute Gasteiger partial charge is 0.349 e. The van der Waals surface area contributed by atoms with Gasteiger partial charge in [-0.1, -0.05) is 0 Å². The number of thiophene rings is 10. The van der Waals surface area contributed by atoms with Gasteiger partial charge in [-0.25, -0.2) is 47.9 Å². The second-order valence-electron chi connectivity index (χ2n) is 14.8. The van der Waals surface area contributed by atoms with Gasteiger partial charge >= 0.3 is 56.3 Å². The van der Waals surface area contributed by atoms with Crippen LogP contribution < -0.4 is 56.3 Å². The highest BCUT2D eigenvalue weighted by atomic mass is 32.1. The van der Waals surface area contributed by atoms with Crippen molar-refractivity contribution in [3.8, 4) is 0 Å². The Morgan fingerprint density at radius 3 is 0.582 bits per heavy atom. The SMILES string of the molecule is O=c1oc(=O)c2c(sc3c2sc2c4sc5c(sc6c7sc8c(sc9c%10sc%11c(sc%12c%13sccc%13c(=O)oc(=O)c%12%11)c%10c(=O)oc(=O)c98)c7c(=O)oc(=O)c56)c4c(=O)oc(=O)c32)c2sccc12. The molecule has 322 valence electrons. The molecule has 15 nitrogen and oxygen atoms in total. The number of hydrogen-bond donors (Lipinski definition) is 0. The summed E-state index contributed by atoms with van der Waals surface area (Å²) >= 11 is 10.7. The van der Waals surface area contributed by atoms with Crippen LogP contribution in [-0.4, -0.2) is 0 Å². The molecule has 25 heteroatoms. The van der Waals surface area contributed by atoms with E-state index in [2.05, 4.69) is 0 Å². The maximum Gasteiger partial charge on any atom is 0.349 e. The largest absolute Gasteiger partial charge is 0.386 e. The zero-order chi connectivity index (χ0) is 45.4. The summed E-state index contributed by atoms with van der Waals surface area (Å²) in [5, 5.41) is 3.93. The highest BCUT2D eigenvalue weighted by molar-refractivity contribution is 7.45. The van der Waals surface area contributed by atoms with E-state index in [0.717, 1.165) is 90.7 Å². The average Bonchev–Trinajstić information content (AvgIpc) is 4.12. The molecule has 0 bridgehead atoms. The zero-order valence-electron chi connectivity index (χ0n) is 31.5. The lowest BCUT2D eigenvalue weighted by atomic mass is 10.2. The van der Waals surface area contributed by atoms with Crippen molar-refractivity contribution in [1.29, 1.82) is 0 Å². The van der Waals surface area contributed by atoms with Crippen molar-refractivity contribution in [3.05, 3.63) is 127 Å². The molecule has 0 aliphatic rings. The second-order valence-corrected chi connectivity index (χ2v) is 24.8. The molecule has 0 unspecified atom stereocenters. The highest BCUT2D eigenvalue weighted by Gasteiger charge is 2.30. The lowest BCUT2D eigenvalue weighted by molar-refractivity contribution is 0.491. The van der Waals surface area contributed by atoms with Crippen LogP contribution in [0, 0.1) is 0 Å². The number of rotatable bonds is 0. The Morgan fingerprint density at radius 1 is 0.224 bits per heavy atom. The van der Waals surface area contributed by atoms with Gasteiger partial charge in [-0.05, 0) is 22.9 Å². The molecular formula is C42H4O15S10. The summed E-state index contributed by atoms with van der Waals surface area (Å²) in [6, 6.07) is 3.10. The molecule has 0 spiro atoms. The predicted octanol–water partition coefficient (Wildman–Crippen LogP) is 10.0. The van der Waals surface area contributed by atoms with Crippen LogP contribution in [0.1, 0.15) is 0 Å². The van der Waals surface area contributed by atoms with Crippen molar-refractivity contribution in [2.75, 3.05) is 0 Å². The van der Waals surface area contributed by atoms with Crippen LogP contribution in [0.25, 0.3) is 138 Å². The first-order chi connectivity index (χ1) is 32.4. The lowest BCUT2D eigenvalue weighted by Gasteiger charge is -1.86. The van der Waals surface area contributed by atoms with Gasteiger partial charge in [-0.3, -0.25) is 0 Å². The first-order valence-corrected chi connectivity index (χ1v) is 27.0. The first-order valence-electron chi connectivity index (χ1n) is 18.7. The van der Waals surface area contributed by atoms with Gasteiger partial charge in [-0.15, -0.1) is 113 Å². The predicted molar refractivity (Wildman–Crippen MR) is 274 cm³/mol. The summed E-state index contributed by atoms with van der Waals surface area (Å²) in [7, 11) is 0. The van der Waals surface area contributed by atoms with Crippen LogP contribution in [0.15, 0.2) is 92.9 Å². The Kier molecular flexibility index (Phi) is 7.43. The summed E-state index contributed by atoms with van der Waals surface area (Å²) < 4.78 is 32.7. The minimum atomic E-state index is -1.01. The third-order valence-electron chi connectivity index (χ3n) is 11.5. The van der Waals surface area contributed by atoms with Gasteiger partial charge in [0.05, 0.1) is 138 Å². The van der Waals surface area contributed by atoms with E-state index in [4.69, 9.17) is 22.1 Å². The molecule has 15 heterocycles. The van der Waals surface area contributed by atoms with E-state index in [1.165, 1.54) is 22.7 Å². The molecule has 0 atom stereocenters. The quantitative estimate of drug-likeness (QED) is 0.137. The topological polar surface area (TPSA) is 236 Å². The zero-order valence-corrected chi connectivity index (χ0v) is 39.7. The van der Waals surface area contributed by atoms with Gasteiger partial charge < -0.3 is 22.1 Å². The summed E-state index contributed by atoms with van der Waals surface area (Å²) in [5.41, 5.74) is -9.30. The fourth-order valence-electron chi connectivity index (χ4n) is 8.73. The van der Waals surface area contributed by atoms with Crippen LogP contribution in [0.5, 0.6) is 0 Å². The van der Waals surface area contributed by atoms with Crippen molar-refractivity contribution >= 4 is 252 Å². The fraction of sp³-hybridized carbons (Fsp3) is 0. The molecule has 0 N–H and O–H groups in total. The third-order valence-corrected chi connectivity index (χ3v) is 24.3. The van der Waals surface area contributed by atoms with E-state index in [9.17, 15) is 47.9 Å². The molecule has 15 rings (SSSR count). The Morgan fingerprint density at radius 2 is 0.388 bits per heavy atom. The third kappa shape index (κ3) is 4.71. The second kappa shape index (κ2) is 12.8. The maximum absolute atomic E-state index is 14.1. The molecule has 0 fully saturated rings. The van der Waals surface area contributed by atoms with Crippen molar-refractivity contribution in [2.24, 2.45) is 0 Å². The van der Waals surface area contributed by atoms with Gasteiger partial charge in [0.25, 0.3) is 0 Å². The highest BCUT2D eigenvalue weighted by Crippen LogP contribution is 2.53. The van der Waals surface area contributed by atoms with E-state index in [1.54, 1.807) is 22.9 Å². The van der Waals surface area contributed by atoms with E-state index in [-0.39, 0.29) is 91.5 Å². The molecular weight excluding hydrogens is 1070 g/mol. The molecule has 0 radical (unpaired) electrons. The van der Waals surface area contributed by atoms with Crippen LogP contribution in [0.2, 0.25) is 0 Å². The Labute approximate surface area is 397 Å². The lowest BCUT2D eigenvalue weighted by Crippen LogP contribution is -2.04. The van der Waals surface area contributed by atoms with Crippen molar-refractivity contribution < 1.29 is 22.1 Å². The molecule has 67 heavy (non-hydrogen) atoms. The van der Waals surface area contributed by atoms with Crippen molar-refractivity contribution in [2.45, 2.75) is 0 Å². The van der Waals surface area contributed by atoms with Crippen LogP contribution >= 0.6 is 113 Å². The van der Waals surface area contributed by atoms with Crippen LogP contribution in [0.4, 0.5) is 0 Å². The Balaban J connectivity index is 1.04. The number of hydrogen-bond acceptors (Lipinski definition) is 25. The minimum absolute atomic E-state index is 0.0231. The van der Waals surface area contributed by atoms with Gasteiger partial charge in [0.15, 0.2) is 0 Å². The Hall–Kier alpha value is -6.26. The van der Waals surface area contributed by atoms with Gasteiger partial charge in [0, 0.05) is 0 Å². The first kappa shape index (κ1) is 38.8. The van der Waals surface area contributed by atoms with E-state index < -0.39 is 56.3 Å².